The summed E-state index contributed by atoms with van der Waals surface area (Å²) in [6, 6.07) is 19.5. The van der Waals surface area contributed by atoms with Crippen molar-refractivity contribution >= 4 is 5.97 Å². The molecule has 0 saturated carbocycles. The minimum absolute atomic E-state index is 0.0810. The summed E-state index contributed by atoms with van der Waals surface area (Å²) in [6.07, 6.45) is 0.134. The van der Waals surface area contributed by atoms with Gasteiger partial charge in [-0.05, 0) is 37.6 Å². The maximum Gasteiger partial charge on any atom is 0.300 e. The number of hydrogen-bond donors (Lipinski definition) is 3. The second kappa shape index (κ2) is 13.3. The smallest absolute Gasteiger partial charge is 0.300 e. The van der Waals surface area contributed by atoms with Crippen LogP contribution < -0.4 is 4.74 Å². The maximum atomic E-state index is 9.00. The summed E-state index contributed by atoms with van der Waals surface area (Å²) >= 11 is 0. The molecule has 1 unspecified atom stereocenters. The third kappa shape index (κ3) is 14.3. The number of carboxylic acids is 1. The molecule has 0 bridgehead atoms. The zero-order valence-electron chi connectivity index (χ0n) is 13.4. The Labute approximate surface area is 136 Å². The van der Waals surface area contributed by atoms with Crippen molar-refractivity contribution in [2.24, 2.45) is 0 Å². The highest BCUT2D eigenvalue weighted by Crippen LogP contribution is 2.19. The number of carbonyl (C=O) groups is 1. The van der Waals surface area contributed by atoms with Gasteiger partial charge < -0.3 is 20.1 Å². The number of para-hydroxylation sites is 2. The van der Waals surface area contributed by atoms with E-state index in [-0.39, 0.29) is 12.7 Å². The Balaban J connectivity index is 0.000000407. The van der Waals surface area contributed by atoms with Crippen LogP contribution in [-0.4, -0.2) is 34.0 Å². The van der Waals surface area contributed by atoms with E-state index in [0.29, 0.717) is 6.42 Å². The minimum Gasteiger partial charge on any atom is -0.481 e. The van der Waals surface area contributed by atoms with Gasteiger partial charge in [0.25, 0.3) is 5.97 Å². The van der Waals surface area contributed by atoms with Crippen LogP contribution in [0.3, 0.4) is 0 Å². The maximum absolute atomic E-state index is 9.00. The van der Waals surface area contributed by atoms with Crippen LogP contribution in [0.2, 0.25) is 0 Å². The van der Waals surface area contributed by atoms with Crippen LogP contribution in [0.25, 0.3) is 0 Å². The number of aliphatic carboxylic acids is 1. The third-order valence-corrected chi connectivity index (χ3v) is 2.27. The normalized spacial score (nSPS) is 10.3. The highest BCUT2D eigenvalue weighted by atomic mass is 16.5. The number of ether oxygens (including phenoxy) is 1. The number of benzene rings is 2. The van der Waals surface area contributed by atoms with Crippen molar-refractivity contribution in [3.05, 3.63) is 60.7 Å². The quantitative estimate of drug-likeness (QED) is 0.804. The number of aliphatic hydroxyl groups excluding tert-OH is 2. The van der Waals surface area contributed by atoms with Gasteiger partial charge in [-0.25, -0.2) is 0 Å². The molecule has 126 valence electrons. The Kier molecular flexibility index (Phi) is 11.9. The minimum atomic E-state index is -0.833. The topological polar surface area (TPSA) is 87.0 Å². The molecule has 0 spiro atoms. The van der Waals surface area contributed by atoms with Gasteiger partial charge in [0.1, 0.15) is 11.5 Å². The van der Waals surface area contributed by atoms with Crippen molar-refractivity contribution < 1.29 is 24.9 Å². The molecular formula is C18H24O5. The summed E-state index contributed by atoms with van der Waals surface area (Å²) in [6.45, 7) is 2.81. The van der Waals surface area contributed by atoms with Gasteiger partial charge in [0.15, 0.2) is 0 Å². The summed E-state index contributed by atoms with van der Waals surface area (Å²) < 4.78 is 5.58. The molecule has 0 aliphatic heterocycles. The van der Waals surface area contributed by atoms with Crippen molar-refractivity contribution in [1.29, 1.82) is 0 Å². The SMILES string of the molecule is CC(=O)O.CC(O)CCO.c1ccc(Oc2ccccc2)cc1. The first-order valence-electron chi connectivity index (χ1n) is 7.22. The second-order valence-electron chi connectivity index (χ2n) is 4.61. The fourth-order valence-corrected chi connectivity index (χ4v) is 1.30. The van der Waals surface area contributed by atoms with Gasteiger partial charge in [-0.15, -0.1) is 0 Å². The zero-order valence-corrected chi connectivity index (χ0v) is 13.4. The van der Waals surface area contributed by atoms with E-state index in [1.807, 2.05) is 60.7 Å². The molecule has 2 aromatic carbocycles. The van der Waals surface area contributed by atoms with E-state index < -0.39 is 5.97 Å². The van der Waals surface area contributed by atoms with Crippen LogP contribution in [0.5, 0.6) is 11.5 Å². The number of hydrogen-bond acceptors (Lipinski definition) is 4. The van der Waals surface area contributed by atoms with E-state index in [9.17, 15) is 0 Å². The molecule has 1 atom stereocenters. The molecule has 23 heavy (non-hydrogen) atoms. The van der Waals surface area contributed by atoms with E-state index in [4.69, 9.17) is 24.9 Å². The molecule has 5 nitrogen and oxygen atoms in total. The van der Waals surface area contributed by atoms with Crippen molar-refractivity contribution in [2.75, 3.05) is 6.61 Å². The Bertz CT molecular complexity index is 470. The van der Waals surface area contributed by atoms with E-state index in [1.165, 1.54) is 0 Å². The Morgan fingerprint density at radius 3 is 1.57 bits per heavy atom. The van der Waals surface area contributed by atoms with Crippen LogP contribution in [0, 0.1) is 0 Å². The average Bonchev–Trinajstić information content (AvgIpc) is 2.49. The fourth-order valence-electron chi connectivity index (χ4n) is 1.30. The molecule has 0 fully saturated rings. The summed E-state index contributed by atoms with van der Waals surface area (Å²) in [7, 11) is 0. The Morgan fingerprint density at radius 2 is 1.35 bits per heavy atom. The summed E-state index contributed by atoms with van der Waals surface area (Å²) in [4.78, 5) is 9.00. The van der Waals surface area contributed by atoms with Crippen LogP contribution in [0.4, 0.5) is 0 Å². The van der Waals surface area contributed by atoms with Gasteiger partial charge in [-0.3, -0.25) is 4.79 Å². The standard InChI is InChI=1S/C12H10O.C4H10O2.C2H4O2/c1-3-7-11(8-4-1)13-12-9-5-2-6-10-12;1-4(6)2-3-5;1-2(3)4/h1-10H;4-6H,2-3H2,1H3;1H3,(H,3,4). The van der Waals surface area contributed by atoms with Crippen molar-refractivity contribution in [2.45, 2.75) is 26.4 Å². The summed E-state index contributed by atoms with van der Waals surface area (Å²) in [5, 5.41) is 23.9. The third-order valence-electron chi connectivity index (χ3n) is 2.27. The van der Waals surface area contributed by atoms with Crippen LogP contribution in [0.15, 0.2) is 60.7 Å². The van der Waals surface area contributed by atoms with Crippen LogP contribution in [-0.2, 0) is 4.79 Å². The lowest BCUT2D eigenvalue weighted by Gasteiger charge is -2.03. The Morgan fingerprint density at radius 1 is 1.00 bits per heavy atom. The molecule has 0 heterocycles. The first-order valence-corrected chi connectivity index (χ1v) is 7.22. The predicted molar refractivity (Wildman–Crippen MR) is 89.7 cm³/mol. The van der Waals surface area contributed by atoms with Crippen LogP contribution in [0.1, 0.15) is 20.3 Å². The monoisotopic (exact) mass is 320 g/mol. The lowest BCUT2D eigenvalue weighted by atomic mass is 10.3. The molecule has 0 aromatic heterocycles. The van der Waals surface area contributed by atoms with Gasteiger partial charge in [-0.1, -0.05) is 36.4 Å². The van der Waals surface area contributed by atoms with Gasteiger partial charge in [0.2, 0.25) is 0 Å². The highest BCUT2D eigenvalue weighted by Gasteiger charge is 1.92. The highest BCUT2D eigenvalue weighted by molar-refractivity contribution is 5.62. The summed E-state index contributed by atoms with van der Waals surface area (Å²) in [5.41, 5.74) is 0. The molecule has 2 aromatic rings. The zero-order chi connectivity index (χ0) is 17.5. The van der Waals surface area contributed by atoms with Gasteiger partial charge in [0.05, 0.1) is 6.10 Å². The predicted octanol–water partition coefficient (Wildman–Crippen LogP) is 3.32. The lowest BCUT2D eigenvalue weighted by molar-refractivity contribution is -0.134. The van der Waals surface area contributed by atoms with E-state index in [2.05, 4.69) is 0 Å². The molecular weight excluding hydrogens is 296 g/mol. The first kappa shape index (κ1) is 20.6. The van der Waals surface area contributed by atoms with E-state index >= 15 is 0 Å². The number of rotatable bonds is 4. The Hall–Kier alpha value is -2.37. The fraction of sp³-hybridized carbons (Fsp3) is 0.278. The van der Waals surface area contributed by atoms with Crippen molar-refractivity contribution in [1.82, 2.24) is 0 Å². The molecule has 0 aliphatic rings. The van der Waals surface area contributed by atoms with Crippen molar-refractivity contribution in [3.63, 3.8) is 0 Å². The van der Waals surface area contributed by atoms with E-state index in [0.717, 1.165) is 18.4 Å². The molecule has 0 amide bonds. The molecule has 0 saturated heterocycles. The van der Waals surface area contributed by atoms with E-state index in [1.54, 1.807) is 6.92 Å². The first-order chi connectivity index (χ1) is 11.0. The number of carboxylic acid groups (broad SMARTS) is 1. The molecule has 0 aliphatic carbocycles. The average molecular weight is 320 g/mol. The molecule has 3 N–H and O–H groups in total. The second-order valence-corrected chi connectivity index (χ2v) is 4.61. The lowest BCUT2D eigenvalue weighted by Crippen LogP contribution is -2.00. The molecule has 5 heteroatoms. The van der Waals surface area contributed by atoms with Crippen molar-refractivity contribution in [3.8, 4) is 11.5 Å². The number of aliphatic hydroxyl groups is 2. The van der Waals surface area contributed by atoms with Gasteiger partial charge in [-0.2, -0.15) is 0 Å². The molecule has 0 radical (unpaired) electrons. The van der Waals surface area contributed by atoms with Gasteiger partial charge in [0, 0.05) is 13.5 Å². The summed E-state index contributed by atoms with van der Waals surface area (Å²) in [5.74, 6) is 0.905. The van der Waals surface area contributed by atoms with Gasteiger partial charge >= 0.3 is 0 Å². The molecule has 2 rings (SSSR count). The van der Waals surface area contributed by atoms with Crippen LogP contribution >= 0.6 is 0 Å². The largest absolute Gasteiger partial charge is 0.481 e.